The quantitative estimate of drug-likeness (QED) is 0.558. The van der Waals surface area contributed by atoms with Crippen molar-refractivity contribution >= 4 is 63.3 Å². The van der Waals surface area contributed by atoms with Gasteiger partial charge in [0.25, 0.3) is 0 Å². The van der Waals surface area contributed by atoms with Gasteiger partial charge in [-0.3, -0.25) is 4.98 Å². The Balaban J connectivity index is 0.00000169. The Hall–Kier alpha value is -0.274. The predicted molar refractivity (Wildman–Crippen MR) is 49.7 cm³/mol. The Morgan fingerprint density at radius 2 is 1.93 bits per heavy atom. The summed E-state index contributed by atoms with van der Waals surface area (Å²) in [7, 11) is 1.22. The Morgan fingerprint density at radius 1 is 1.36 bits per heavy atom. The van der Waals surface area contributed by atoms with Gasteiger partial charge in [-0.25, -0.2) is 9.59 Å². The molecular weight excluding hydrogens is 213 g/mol. The number of aromatic carboxylic acids is 1. The number of carbonyl (C=O) groups excluding carboxylic acids is 1. The van der Waals surface area contributed by atoms with Crippen LogP contribution in [0.25, 0.3) is 0 Å². The van der Waals surface area contributed by atoms with Crippen LogP contribution in [0.1, 0.15) is 20.7 Å². The van der Waals surface area contributed by atoms with Crippen LogP contribution in [0.4, 0.5) is 0 Å². The molecule has 1 aromatic heterocycles. The van der Waals surface area contributed by atoms with Gasteiger partial charge in [-0.2, -0.15) is 0 Å². The number of carboxylic acids is 1. The Morgan fingerprint density at radius 3 is 2.43 bits per heavy atom. The molecule has 0 bridgehead atoms. The van der Waals surface area contributed by atoms with E-state index in [4.69, 9.17) is 5.11 Å². The summed E-state index contributed by atoms with van der Waals surface area (Å²) in [6.45, 7) is 0. The molecule has 0 fully saturated rings. The number of esters is 1. The van der Waals surface area contributed by atoms with Crippen molar-refractivity contribution in [2.45, 2.75) is 0 Å². The number of pyridine rings is 1. The second kappa shape index (κ2) is 6.26. The van der Waals surface area contributed by atoms with Gasteiger partial charge in [-0.1, -0.05) is 0 Å². The first-order chi connectivity index (χ1) is 6.15. The Kier molecular flexibility index (Phi) is 6.13. The van der Waals surface area contributed by atoms with Crippen LogP contribution >= 0.6 is 0 Å². The number of ether oxygens (including phenoxy) is 1. The van der Waals surface area contributed by atoms with Crippen LogP contribution in [0.3, 0.4) is 0 Å². The van der Waals surface area contributed by atoms with Gasteiger partial charge in [0.15, 0.2) is 0 Å². The molecule has 1 N–H and O–H groups in total. The molecule has 0 amide bonds. The van der Waals surface area contributed by atoms with E-state index in [-0.39, 0.29) is 62.5 Å². The van der Waals surface area contributed by atoms with Crippen LogP contribution in [0, 0.1) is 0 Å². The summed E-state index contributed by atoms with van der Waals surface area (Å²) >= 11 is 0. The molecule has 1 aromatic rings. The van der Waals surface area contributed by atoms with E-state index in [0.29, 0.717) is 0 Å². The third-order valence-electron chi connectivity index (χ3n) is 1.41. The minimum atomic E-state index is -1.13. The third kappa shape index (κ3) is 3.47. The maximum atomic E-state index is 10.9. The number of nitrogens with zero attached hydrogens (tertiary/aromatic N) is 1. The second-order valence-electron chi connectivity index (χ2n) is 2.26. The van der Waals surface area contributed by atoms with E-state index in [1.807, 2.05) is 0 Å². The molecule has 0 radical (unpaired) electrons. The molecule has 0 aliphatic rings. The van der Waals surface area contributed by atoms with Crippen LogP contribution in [0.2, 0.25) is 0 Å². The third-order valence-corrected chi connectivity index (χ3v) is 1.41. The average Bonchev–Trinajstić information content (AvgIpc) is 2.17. The maximum absolute atomic E-state index is 10.9. The van der Waals surface area contributed by atoms with E-state index in [9.17, 15) is 9.59 Å². The first-order valence-corrected chi connectivity index (χ1v) is 3.42. The summed E-state index contributed by atoms with van der Waals surface area (Å²) in [6, 6.07) is 1.21. The summed E-state index contributed by atoms with van der Waals surface area (Å²) in [4.78, 5) is 25.0. The van der Waals surface area contributed by atoms with Crippen molar-refractivity contribution < 1.29 is 19.4 Å². The first kappa shape index (κ1) is 13.7. The molecular formula is C8H8KNO4. The number of rotatable bonds is 2. The molecule has 0 saturated heterocycles. The number of hydrogen-bond acceptors (Lipinski definition) is 4. The van der Waals surface area contributed by atoms with E-state index in [1.165, 1.54) is 19.4 Å². The summed E-state index contributed by atoms with van der Waals surface area (Å²) in [5.74, 6) is -1.73. The van der Waals surface area contributed by atoms with Crippen molar-refractivity contribution in [3.8, 4) is 0 Å². The van der Waals surface area contributed by atoms with Gasteiger partial charge in [0, 0.05) is 12.4 Å². The van der Waals surface area contributed by atoms with Crippen molar-refractivity contribution in [3.63, 3.8) is 0 Å². The van der Waals surface area contributed by atoms with E-state index < -0.39 is 11.9 Å². The zero-order chi connectivity index (χ0) is 9.84. The monoisotopic (exact) mass is 221 g/mol. The zero-order valence-corrected chi connectivity index (χ0v) is 6.85. The van der Waals surface area contributed by atoms with E-state index in [0.717, 1.165) is 6.20 Å². The van der Waals surface area contributed by atoms with Crippen molar-refractivity contribution in [3.05, 3.63) is 29.6 Å². The standard InChI is InChI=1S/C8H7NO4.K.H/c1-13-8(12)6-2-5(7(10)11)3-9-4-6;;/h2-4H,1H3,(H,10,11);;. The molecule has 70 valence electrons. The van der Waals surface area contributed by atoms with Gasteiger partial charge >= 0.3 is 63.3 Å². The van der Waals surface area contributed by atoms with Crippen LogP contribution in [-0.4, -0.2) is 80.5 Å². The van der Waals surface area contributed by atoms with Gasteiger partial charge in [0.05, 0.1) is 18.2 Å². The molecule has 0 saturated carbocycles. The molecule has 0 unspecified atom stereocenters. The number of methoxy groups -OCH3 is 1. The molecule has 1 heterocycles. The molecule has 0 atom stereocenters. The second-order valence-corrected chi connectivity index (χ2v) is 2.26. The summed E-state index contributed by atoms with van der Waals surface area (Å²) in [5.41, 5.74) is 0.0882. The SMILES string of the molecule is COC(=O)c1cncc(C(=O)O)c1.[KH]. The summed E-state index contributed by atoms with van der Waals surface area (Å²) in [6.07, 6.45) is 2.41. The van der Waals surface area contributed by atoms with Crippen molar-refractivity contribution in [2.75, 3.05) is 7.11 Å². The molecule has 5 nitrogen and oxygen atoms in total. The molecule has 0 aromatic carbocycles. The normalized spacial score (nSPS) is 8.64. The van der Waals surface area contributed by atoms with Crippen molar-refractivity contribution in [2.24, 2.45) is 0 Å². The minimum absolute atomic E-state index is 0. The molecule has 0 aliphatic heterocycles. The van der Waals surface area contributed by atoms with Gasteiger partial charge in [0.1, 0.15) is 0 Å². The number of carbonyl (C=O) groups is 2. The molecule has 14 heavy (non-hydrogen) atoms. The van der Waals surface area contributed by atoms with Crippen LogP contribution in [0.15, 0.2) is 18.5 Å². The van der Waals surface area contributed by atoms with Crippen LogP contribution in [-0.2, 0) is 4.74 Å². The predicted octanol–water partition coefficient (Wildman–Crippen LogP) is -0.0821. The van der Waals surface area contributed by atoms with Gasteiger partial charge in [-0.05, 0) is 6.07 Å². The van der Waals surface area contributed by atoms with Crippen molar-refractivity contribution in [1.82, 2.24) is 4.98 Å². The zero-order valence-electron chi connectivity index (χ0n) is 6.85. The number of carboxylic acid groups (broad SMARTS) is 1. The Labute approximate surface area is 123 Å². The fraction of sp³-hybridized carbons (Fsp3) is 0.125. The van der Waals surface area contributed by atoms with Gasteiger partial charge in [-0.15, -0.1) is 0 Å². The topological polar surface area (TPSA) is 76.5 Å². The van der Waals surface area contributed by atoms with E-state index >= 15 is 0 Å². The fourth-order valence-corrected chi connectivity index (χ4v) is 0.786. The first-order valence-electron chi connectivity index (χ1n) is 3.42. The van der Waals surface area contributed by atoms with Crippen molar-refractivity contribution in [1.29, 1.82) is 0 Å². The van der Waals surface area contributed by atoms with Gasteiger partial charge < -0.3 is 9.84 Å². The number of hydrogen-bond donors (Lipinski definition) is 1. The summed E-state index contributed by atoms with van der Waals surface area (Å²) < 4.78 is 4.40. The Bertz CT molecular complexity index is 353. The molecule has 1 rings (SSSR count). The summed E-state index contributed by atoms with van der Waals surface area (Å²) in [5, 5.41) is 8.57. The van der Waals surface area contributed by atoms with Gasteiger partial charge in [0.2, 0.25) is 0 Å². The van der Waals surface area contributed by atoms with E-state index in [1.54, 1.807) is 0 Å². The van der Waals surface area contributed by atoms with E-state index in [2.05, 4.69) is 9.72 Å². The number of aromatic nitrogens is 1. The van der Waals surface area contributed by atoms with Crippen LogP contribution < -0.4 is 0 Å². The molecule has 0 aliphatic carbocycles. The average molecular weight is 221 g/mol. The molecule has 0 spiro atoms. The fourth-order valence-electron chi connectivity index (χ4n) is 0.786. The van der Waals surface area contributed by atoms with Crippen LogP contribution in [0.5, 0.6) is 0 Å². The molecule has 6 heteroatoms.